The highest BCUT2D eigenvalue weighted by Crippen LogP contribution is 2.25. The van der Waals surface area contributed by atoms with Crippen LogP contribution in [-0.4, -0.2) is 29.8 Å². The summed E-state index contributed by atoms with van der Waals surface area (Å²) in [5.41, 5.74) is 0.567. The van der Waals surface area contributed by atoms with E-state index >= 15 is 0 Å². The summed E-state index contributed by atoms with van der Waals surface area (Å²) >= 11 is 0. The lowest BCUT2D eigenvalue weighted by Gasteiger charge is -2.25. The minimum atomic E-state index is -0.460. The number of aromatic nitrogens is 1. The lowest BCUT2D eigenvalue weighted by atomic mass is 9.84. The first kappa shape index (κ1) is 12.6. The molecule has 0 saturated heterocycles. The van der Waals surface area contributed by atoms with Crippen molar-refractivity contribution in [3.8, 4) is 0 Å². The average Bonchev–Trinajstić information content (AvgIpc) is 2.37. The van der Waals surface area contributed by atoms with E-state index in [0.717, 1.165) is 6.42 Å². The molecule has 0 aliphatic heterocycles. The molecule has 0 bridgehead atoms. The summed E-state index contributed by atoms with van der Waals surface area (Å²) < 4.78 is 4.61. The van der Waals surface area contributed by atoms with E-state index in [9.17, 15) is 9.90 Å². The van der Waals surface area contributed by atoms with Crippen LogP contribution in [0, 0.1) is 0 Å². The van der Waals surface area contributed by atoms with Crippen LogP contribution in [0.1, 0.15) is 36.5 Å². The number of hydrogen-bond acceptors (Lipinski definition) is 4. The van der Waals surface area contributed by atoms with Crippen molar-refractivity contribution in [1.82, 2.24) is 4.98 Å². The largest absolute Gasteiger partial charge is 0.464 e. The van der Waals surface area contributed by atoms with E-state index in [0.29, 0.717) is 5.69 Å². The van der Waals surface area contributed by atoms with Gasteiger partial charge in [0.2, 0.25) is 0 Å². The second kappa shape index (κ2) is 5.07. The summed E-state index contributed by atoms with van der Waals surface area (Å²) in [6.45, 7) is 3.89. The Morgan fingerprint density at radius 3 is 2.75 bits per heavy atom. The molecule has 0 aliphatic carbocycles. The summed E-state index contributed by atoms with van der Waals surface area (Å²) in [7, 11) is 1.32. The molecule has 4 heteroatoms. The Morgan fingerprint density at radius 2 is 2.25 bits per heavy atom. The number of nitrogens with zero attached hydrogens (tertiary/aromatic N) is 1. The lowest BCUT2D eigenvalue weighted by molar-refractivity contribution is 0.0593. The summed E-state index contributed by atoms with van der Waals surface area (Å²) in [6.07, 6.45) is 0.751. The molecule has 16 heavy (non-hydrogen) atoms. The fraction of sp³-hybridized carbons (Fsp3) is 0.500. The van der Waals surface area contributed by atoms with E-state index in [1.165, 1.54) is 7.11 Å². The van der Waals surface area contributed by atoms with Gasteiger partial charge in [0.1, 0.15) is 5.69 Å². The quantitative estimate of drug-likeness (QED) is 0.786. The highest BCUT2D eigenvalue weighted by molar-refractivity contribution is 5.87. The molecule has 0 saturated carbocycles. The van der Waals surface area contributed by atoms with Crippen molar-refractivity contribution in [1.29, 1.82) is 0 Å². The maximum atomic E-state index is 11.3. The monoisotopic (exact) mass is 223 g/mol. The molecule has 88 valence electrons. The van der Waals surface area contributed by atoms with Gasteiger partial charge < -0.3 is 9.84 Å². The highest BCUT2D eigenvalue weighted by Gasteiger charge is 2.26. The van der Waals surface area contributed by atoms with Crippen LogP contribution in [0.3, 0.4) is 0 Å². The van der Waals surface area contributed by atoms with E-state index in [-0.39, 0.29) is 12.3 Å². The van der Waals surface area contributed by atoms with Gasteiger partial charge in [0.25, 0.3) is 0 Å². The normalized spacial score (nSPS) is 14.2. The number of aliphatic hydroxyl groups is 1. The third kappa shape index (κ3) is 2.39. The Labute approximate surface area is 95.3 Å². The van der Waals surface area contributed by atoms with Crippen LogP contribution in [0.5, 0.6) is 0 Å². The summed E-state index contributed by atoms with van der Waals surface area (Å²) in [4.78, 5) is 15.5. The number of hydrogen-bond donors (Lipinski definition) is 1. The molecule has 0 spiro atoms. The van der Waals surface area contributed by atoms with Crippen LogP contribution in [-0.2, 0) is 10.2 Å². The molecule has 1 atom stereocenters. The molecule has 0 aromatic carbocycles. The maximum absolute atomic E-state index is 11.3. The predicted octanol–water partition coefficient (Wildman–Crippen LogP) is 1.53. The number of carbonyl (C=O) groups is 1. The summed E-state index contributed by atoms with van der Waals surface area (Å²) in [6, 6.07) is 5.16. The van der Waals surface area contributed by atoms with Gasteiger partial charge in [-0.3, -0.25) is 0 Å². The molecule has 0 fully saturated rings. The number of carbonyl (C=O) groups excluding carboxylic acids is 1. The molecular formula is C12H17NO3. The molecule has 1 unspecified atom stereocenters. The van der Waals surface area contributed by atoms with Gasteiger partial charge in [-0.05, 0) is 18.6 Å². The van der Waals surface area contributed by atoms with Crippen molar-refractivity contribution < 1.29 is 14.6 Å². The molecule has 1 aromatic rings. The Morgan fingerprint density at radius 1 is 1.56 bits per heavy atom. The zero-order valence-electron chi connectivity index (χ0n) is 9.86. The van der Waals surface area contributed by atoms with Crippen molar-refractivity contribution in [2.24, 2.45) is 0 Å². The molecule has 0 radical (unpaired) electrons. The Kier molecular flexibility index (Phi) is 4.01. The Balaban J connectivity index is 3.11. The summed E-state index contributed by atoms with van der Waals surface area (Å²) in [5, 5.41) is 9.37. The van der Waals surface area contributed by atoms with Gasteiger partial charge in [-0.1, -0.05) is 19.9 Å². The van der Waals surface area contributed by atoms with Crippen molar-refractivity contribution in [2.45, 2.75) is 25.7 Å². The van der Waals surface area contributed by atoms with Gasteiger partial charge in [-0.15, -0.1) is 0 Å². The zero-order valence-corrected chi connectivity index (χ0v) is 9.86. The standard InChI is InChI=1S/C12H17NO3/c1-4-12(2,8-14)10-7-5-6-9(13-10)11(15)16-3/h5-7,14H,4,8H2,1-3H3. The van der Waals surface area contributed by atoms with Crippen molar-refractivity contribution in [3.63, 3.8) is 0 Å². The number of rotatable bonds is 4. The molecular weight excluding hydrogens is 206 g/mol. The van der Waals surface area contributed by atoms with Crippen molar-refractivity contribution >= 4 is 5.97 Å². The molecule has 1 aromatic heterocycles. The third-order valence-electron chi connectivity index (χ3n) is 2.89. The van der Waals surface area contributed by atoms with E-state index in [2.05, 4.69) is 9.72 Å². The first-order chi connectivity index (χ1) is 7.57. The first-order valence-electron chi connectivity index (χ1n) is 5.24. The van der Waals surface area contributed by atoms with Crippen LogP contribution in [0.25, 0.3) is 0 Å². The lowest BCUT2D eigenvalue weighted by Crippen LogP contribution is -2.27. The molecule has 4 nitrogen and oxygen atoms in total. The van der Waals surface area contributed by atoms with Gasteiger partial charge in [-0.25, -0.2) is 9.78 Å². The van der Waals surface area contributed by atoms with E-state index in [1.54, 1.807) is 12.1 Å². The first-order valence-corrected chi connectivity index (χ1v) is 5.24. The second-order valence-corrected chi connectivity index (χ2v) is 3.97. The van der Waals surface area contributed by atoms with Gasteiger partial charge in [0.15, 0.2) is 0 Å². The van der Waals surface area contributed by atoms with Crippen LogP contribution in [0.4, 0.5) is 0 Å². The summed E-state index contributed by atoms with van der Waals surface area (Å²) in [5.74, 6) is -0.460. The van der Waals surface area contributed by atoms with Gasteiger partial charge in [-0.2, -0.15) is 0 Å². The molecule has 0 aliphatic rings. The van der Waals surface area contributed by atoms with Gasteiger partial charge in [0.05, 0.1) is 13.7 Å². The number of esters is 1. The fourth-order valence-electron chi connectivity index (χ4n) is 1.36. The van der Waals surface area contributed by atoms with Gasteiger partial charge >= 0.3 is 5.97 Å². The smallest absolute Gasteiger partial charge is 0.356 e. The Hall–Kier alpha value is -1.42. The minimum Gasteiger partial charge on any atom is -0.464 e. The predicted molar refractivity (Wildman–Crippen MR) is 60.3 cm³/mol. The van der Waals surface area contributed by atoms with Crippen LogP contribution >= 0.6 is 0 Å². The fourth-order valence-corrected chi connectivity index (χ4v) is 1.36. The molecule has 1 heterocycles. The SMILES string of the molecule is CCC(C)(CO)c1cccc(C(=O)OC)n1. The zero-order chi connectivity index (χ0) is 12.2. The molecule has 1 N–H and O–H groups in total. The van der Waals surface area contributed by atoms with Crippen molar-refractivity contribution in [2.75, 3.05) is 13.7 Å². The topological polar surface area (TPSA) is 59.4 Å². The van der Waals surface area contributed by atoms with Gasteiger partial charge in [0, 0.05) is 11.1 Å². The number of aliphatic hydroxyl groups excluding tert-OH is 1. The van der Waals surface area contributed by atoms with Crippen LogP contribution < -0.4 is 0 Å². The third-order valence-corrected chi connectivity index (χ3v) is 2.89. The maximum Gasteiger partial charge on any atom is 0.356 e. The van der Waals surface area contributed by atoms with Crippen LogP contribution in [0.15, 0.2) is 18.2 Å². The van der Waals surface area contributed by atoms with E-state index < -0.39 is 11.4 Å². The number of methoxy groups -OCH3 is 1. The van der Waals surface area contributed by atoms with E-state index in [4.69, 9.17) is 0 Å². The Bertz CT molecular complexity index is 372. The average molecular weight is 223 g/mol. The molecule has 0 amide bonds. The second-order valence-electron chi connectivity index (χ2n) is 3.97. The highest BCUT2D eigenvalue weighted by atomic mass is 16.5. The van der Waals surface area contributed by atoms with Crippen molar-refractivity contribution in [3.05, 3.63) is 29.6 Å². The number of pyridine rings is 1. The van der Waals surface area contributed by atoms with E-state index in [1.807, 2.05) is 19.9 Å². The minimum absolute atomic E-state index is 0.00112. The number of ether oxygens (including phenoxy) is 1. The molecule has 1 rings (SSSR count). The van der Waals surface area contributed by atoms with Crippen LogP contribution in [0.2, 0.25) is 0 Å².